The number of nitrogens with one attached hydrogen (secondary N) is 3. The van der Waals surface area contributed by atoms with Crippen molar-refractivity contribution < 1.29 is 19.2 Å². The van der Waals surface area contributed by atoms with E-state index in [1.165, 1.54) is 6.08 Å². The van der Waals surface area contributed by atoms with Crippen LogP contribution in [0.1, 0.15) is 12.0 Å². The van der Waals surface area contributed by atoms with Gasteiger partial charge in [-0.25, -0.2) is 9.59 Å². The normalized spacial score (nSPS) is 16.3. The van der Waals surface area contributed by atoms with Gasteiger partial charge < -0.3 is 10.6 Å². The number of carbonyl (C=O) groups is 4. The number of hydrogen-bond donors (Lipinski definition) is 3. The summed E-state index contributed by atoms with van der Waals surface area (Å²) in [6, 6.07) is 7.56. The van der Waals surface area contributed by atoms with Crippen LogP contribution in [0.4, 0.5) is 9.59 Å². The molecular weight excluding hydrogens is 324 g/mol. The molecule has 1 atom stereocenters. The lowest BCUT2D eigenvalue weighted by atomic mass is 10.1. The highest BCUT2D eigenvalue weighted by Crippen LogP contribution is 2.12. The van der Waals surface area contributed by atoms with Gasteiger partial charge in [0.25, 0.3) is 5.91 Å². The minimum absolute atomic E-state index is 0.198. The molecule has 3 N–H and O–H groups in total. The summed E-state index contributed by atoms with van der Waals surface area (Å²) in [7, 11) is 0. The molecule has 25 heavy (non-hydrogen) atoms. The summed E-state index contributed by atoms with van der Waals surface area (Å²) >= 11 is 0. The zero-order valence-corrected chi connectivity index (χ0v) is 13.7. The fourth-order valence-electron chi connectivity index (χ4n) is 2.40. The number of imide groups is 2. The van der Waals surface area contributed by atoms with Gasteiger partial charge in [0.2, 0.25) is 5.91 Å². The van der Waals surface area contributed by atoms with E-state index in [1.807, 2.05) is 35.6 Å². The molecule has 6 amide bonds. The SMILES string of the molecule is C=CCNC(=O)NC(=O)CN1C(=O)N[C@H](CCc2ccccc2)C1=O. The minimum Gasteiger partial charge on any atom is -0.334 e. The van der Waals surface area contributed by atoms with E-state index in [0.29, 0.717) is 12.8 Å². The Morgan fingerprint density at radius 1 is 1.24 bits per heavy atom. The van der Waals surface area contributed by atoms with Gasteiger partial charge in [-0.3, -0.25) is 19.8 Å². The highest BCUT2D eigenvalue weighted by Gasteiger charge is 2.38. The highest BCUT2D eigenvalue weighted by atomic mass is 16.2. The average Bonchev–Trinajstić information content (AvgIpc) is 2.86. The summed E-state index contributed by atoms with van der Waals surface area (Å²) in [5.41, 5.74) is 1.06. The third-order valence-corrected chi connectivity index (χ3v) is 3.63. The first kappa shape index (κ1) is 18.2. The predicted octanol–water partition coefficient (Wildman–Crippen LogP) is 0.551. The van der Waals surface area contributed by atoms with Gasteiger partial charge in [-0.15, -0.1) is 6.58 Å². The largest absolute Gasteiger partial charge is 0.334 e. The maximum absolute atomic E-state index is 12.3. The molecule has 0 unspecified atom stereocenters. The van der Waals surface area contributed by atoms with Gasteiger partial charge in [-0.1, -0.05) is 36.4 Å². The standard InChI is InChI=1S/C17H20N4O4/c1-2-10-18-16(24)20-14(22)11-21-15(23)13(19-17(21)25)9-8-12-6-4-3-5-7-12/h2-7,13H,1,8-11H2,(H,19,25)(H2,18,20,22,24)/t13-/m1/s1. The molecule has 1 aromatic carbocycles. The first-order chi connectivity index (χ1) is 12.0. The lowest BCUT2D eigenvalue weighted by molar-refractivity contribution is -0.131. The number of nitrogens with zero attached hydrogens (tertiary/aromatic N) is 1. The molecule has 0 aromatic heterocycles. The lowest BCUT2D eigenvalue weighted by Crippen LogP contribution is -2.46. The fourth-order valence-corrected chi connectivity index (χ4v) is 2.40. The second-order valence-electron chi connectivity index (χ2n) is 5.50. The van der Waals surface area contributed by atoms with Crippen LogP contribution in [-0.2, 0) is 16.0 Å². The molecule has 0 radical (unpaired) electrons. The van der Waals surface area contributed by atoms with E-state index >= 15 is 0 Å². The third kappa shape index (κ3) is 5.17. The summed E-state index contributed by atoms with van der Waals surface area (Å²) in [5, 5.41) is 6.97. The summed E-state index contributed by atoms with van der Waals surface area (Å²) in [6.45, 7) is 3.12. The molecule has 0 saturated carbocycles. The molecule has 2 rings (SSSR count). The van der Waals surface area contributed by atoms with Crippen LogP contribution in [0.25, 0.3) is 0 Å². The van der Waals surface area contributed by atoms with Crippen molar-refractivity contribution in [3.05, 3.63) is 48.6 Å². The average molecular weight is 344 g/mol. The van der Waals surface area contributed by atoms with Crippen LogP contribution in [0, 0.1) is 0 Å². The number of urea groups is 2. The van der Waals surface area contributed by atoms with E-state index in [-0.39, 0.29) is 6.54 Å². The molecule has 0 aliphatic carbocycles. The monoisotopic (exact) mass is 344 g/mol. The molecule has 0 spiro atoms. The number of rotatable bonds is 7. The van der Waals surface area contributed by atoms with E-state index in [0.717, 1.165) is 10.5 Å². The van der Waals surface area contributed by atoms with Crippen molar-refractivity contribution in [1.29, 1.82) is 0 Å². The molecule has 1 fully saturated rings. The van der Waals surface area contributed by atoms with Crippen molar-refractivity contribution in [2.24, 2.45) is 0 Å². The van der Waals surface area contributed by atoms with Crippen molar-refractivity contribution in [1.82, 2.24) is 20.9 Å². The van der Waals surface area contributed by atoms with E-state index in [1.54, 1.807) is 0 Å². The van der Waals surface area contributed by atoms with Crippen molar-refractivity contribution >= 4 is 23.9 Å². The van der Waals surface area contributed by atoms with Gasteiger partial charge in [-0.05, 0) is 18.4 Å². The van der Waals surface area contributed by atoms with Crippen LogP contribution in [0.2, 0.25) is 0 Å². The number of carbonyl (C=O) groups excluding carboxylic acids is 4. The molecule has 1 saturated heterocycles. The quantitative estimate of drug-likeness (QED) is 0.496. The number of benzene rings is 1. The molecular formula is C17H20N4O4. The van der Waals surface area contributed by atoms with Crippen molar-refractivity contribution in [2.45, 2.75) is 18.9 Å². The Bertz CT molecular complexity index is 674. The topological polar surface area (TPSA) is 108 Å². The van der Waals surface area contributed by atoms with Gasteiger partial charge in [0, 0.05) is 6.54 Å². The van der Waals surface area contributed by atoms with Crippen LogP contribution in [0.15, 0.2) is 43.0 Å². The summed E-state index contributed by atoms with van der Waals surface area (Å²) in [5.74, 6) is -1.21. The molecule has 1 aliphatic rings. The third-order valence-electron chi connectivity index (χ3n) is 3.63. The Hall–Kier alpha value is -3.16. The van der Waals surface area contributed by atoms with Gasteiger partial charge in [0.05, 0.1) is 0 Å². The molecule has 1 heterocycles. The molecule has 8 heteroatoms. The number of hydrogen-bond acceptors (Lipinski definition) is 4. The Morgan fingerprint density at radius 3 is 2.64 bits per heavy atom. The van der Waals surface area contributed by atoms with Crippen molar-refractivity contribution in [3.63, 3.8) is 0 Å². The van der Waals surface area contributed by atoms with Crippen molar-refractivity contribution in [3.8, 4) is 0 Å². The van der Waals surface area contributed by atoms with E-state index in [2.05, 4.69) is 17.2 Å². The van der Waals surface area contributed by atoms with Gasteiger partial charge >= 0.3 is 12.1 Å². The van der Waals surface area contributed by atoms with E-state index in [4.69, 9.17) is 0 Å². The Morgan fingerprint density at radius 2 is 1.96 bits per heavy atom. The second-order valence-corrected chi connectivity index (χ2v) is 5.50. The van der Waals surface area contributed by atoms with Crippen LogP contribution < -0.4 is 16.0 Å². The molecule has 0 bridgehead atoms. The summed E-state index contributed by atoms with van der Waals surface area (Å²) in [6.07, 6.45) is 2.52. The minimum atomic E-state index is -0.742. The lowest BCUT2D eigenvalue weighted by Gasteiger charge is -2.12. The van der Waals surface area contributed by atoms with Crippen LogP contribution >= 0.6 is 0 Å². The van der Waals surface area contributed by atoms with E-state index in [9.17, 15) is 19.2 Å². The molecule has 1 aromatic rings. The van der Waals surface area contributed by atoms with Gasteiger partial charge in [0.1, 0.15) is 12.6 Å². The maximum atomic E-state index is 12.3. The Labute approximate surface area is 145 Å². The predicted molar refractivity (Wildman–Crippen MR) is 90.5 cm³/mol. The zero-order valence-electron chi connectivity index (χ0n) is 13.7. The maximum Gasteiger partial charge on any atom is 0.325 e. The second kappa shape index (κ2) is 8.62. The molecule has 1 aliphatic heterocycles. The zero-order chi connectivity index (χ0) is 18.2. The molecule has 8 nitrogen and oxygen atoms in total. The molecule has 132 valence electrons. The smallest absolute Gasteiger partial charge is 0.325 e. The number of amides is 6. The first-order valence-electron chi connectivity index (χ1n) is 7.85. The summed E-state index contributed by atoms with van der Waals surface area (Å²) < 4.78 is 0. The van der Waals surface area contributed by atoms with E-state index < -0.39 is 36.5 Å². The van der Waals surface area contributed by atoms with Crippen molar-refractivity contribution in [2.75, 3.05) is 13.1 Å². The Kier molecular flexibility index (Phi) is 6.27. The van der Waals surface area contributed by atoms with Crippen LogP contribution in [-0.4, -0.2) is 47.9 Å². The Balaban J connectivity index is 1.84. The van der Waals surface area contributed by atoms with Gasteiger partial charge in [-0.2, -0.15) is 0 Å². The fraction of sp³-hybridized carbons (Fsp3) is 0.294. The highest BCUT2D eigenvalue weighted by molar-refractivity contribution is 6.07. The summed E-state index contributed by atoms with van der Waals surface area (Å²) in [4.78, 5) is 48.1. The number of aryl methyl sites for hydroxylation is 1. The van der Waals surface area contributed by atoms with Gasteiger partial charge in [0.15, 0.2) is 0 Å². The first-order valence-corrected chi connectivity index (χ1v) is 7.85. The van der Waals surface area contributed by atoms with Crippen LogP contribution in [0.5, 0.6) is 0 Å². The van der Waals surface area contributed by atoms with Crippen LogP contribution in [0.3, 0.4) is 0 Å².